The molecule has 55 heavy (non-hydrogen) atoms. The molecule has 0 aliphatic rings. The summed E-state index contributed by atoms with van der Waals surface area (Å²) in [5.41, 5.74) is 5.24. The fourth-order valence-corrected chi connectivity index (χ4v) is 1.88. The summed E-state index contributed by atoms with van der Waals surface area (Å²) < 4.78 is 0.743. The first-order chi connectivity index (χ1) is 21.3. The van der Waals surface area contributed by atoms with Crippen molar-refractivity contribution in [3.63, 3.8) is 0 Å². The van der Waals surface area contributed by atoms with Crippen LogP contribution < -0.4 is 24.6 Å². The number of hydrogen-bond donors (Lipinski definition) is 4. The van der Waals surface area contributed by atoms with Gasteiger partial charge in [0.05, 0.1) is 0 Å². The van der Waals surface area contributed by atoms with Crippen LogP contribution in [0.2, 0.25) is 0 Å². The Labute approximate surface area is 516 Å². The van der Waals surface area contributed by atoms with Crippen LogP contribution in [0.4, 0.5) is 0 Å². The van der Waals surface area contributed by atoms with Gasteiger partial charge in [-0.05, 0) is 18.8 Å². The summed E-state index contributed by atoms with van der Waals surface area (Å²) in [6.45, 7) is 24.3. The molecule has 0 saturated heterocycles. The van der Waals surface area contributed by atoms with Gasteiger partial charge in [0.1, 0.15) is -0.0619 Å². The Balaban J connectivity index is -0.0000000175. The number of halogens is 5. The molecule has 0 aromatic heterocycles. The number of hydrogen-bond acceptors (Lipinski definition) is 4. The molecule has 0 aliphatic carbocycles. The molecule has 0 bridgehead atoms. The van der Waals surface area contributed by atoms with Crippen molar-refractivity contribution in [1.29, 1.82) is 0 Å². The van der Waals surface area contributed by atoms with E-state index in [-0.39, 0.29) is 177 Å². The van der Waals surface area contributed by atoms with Gasteiger partial charge >= 0.3 is 0 Å². The van der Waals surface area contributed by atoms with E-state index in [4.69, 9.17) is 0 Å². The summed E-state index contributed by atoms with van der Waals surface area (Å²) in [6.07, 6.45) is 0. The Hall–Kier alpha value is 5.12. The minimum Gasteiger partial charge on any atom is -0.358 e. The zero-order valence-corrected chi connectivity index (χ0v) is 61.2. The van der Waals surface area contributed by atoms with E-state index in [0.717, 1.165) is -0.0619 Å². The Morgan fingerprint density at radius 1 is 0.400 bits per heavy atom. The third-order valence-corrected chi connectivity index (χ3v) is 3.54. The van der Waals surface area contributed by atoms with Crippen molar-refractivity contribution >= 4 is 113 Å². The van der Waals surface area contributed by atoms with Gasteiger partial charge in [0.2, 0.25) is 0 Å². The number of aryl methyl sites for hydroxylation is 4. The molecule has 4 radical (unpaired) electrons. The monoisotopic (exact) mass is 1890 g/mol. The fourth-order valence-electron chi connectivity index (χ4n) is 1.88. The predicted octanol–water partition coefficient (Wildman–Crippen LogP) is 17.2. The summed E-state index contributed by atoms with van der Waals surface area (Å²) in [4.78, 5) is 5.19. The largest absolute Gasteiger partial charge is 0.358 e. The van der Waals surface area contributed by atoms with Crippen LogP contribution in [0.5, 0.6) is 0 Å². The van der Waals surface area contributed by atoms with E-state index in [2.05, 4.69) is 172 Å². The van der Waals surface area contributed by atoms with Crippen LogP contribution in [0.25, 0.3) is 0 Å². The second-order valence-electron chi connectivity index (χ2n) is 6.56. The van der Waals surface area contributed by atoms with E-state index in [1.165, 1.54) is 22.3 Å². The van der Waals surface area contributed by atoms with E-state index in [1.54, 1.807) is 0 Å². The van der Waals surface area contributed by atoms with E-state index in [1.807, 2.05) is 156 Å². The van der Waals surface area contributed by atoms with Gasteiger partial charge in [-0.25, -0.2) is 0 Å². The van der Waals surface area contributed by atoms with Crippen LogP contribution >= 0.6 is 113 Å². The van der Waals surface area contributed by atoms with Crippen LogP contribution in [0.3, 0.4) is 0 Å². The maximum absolute atomic E-state index is 3.22. The Morgan fingerprint density at radius 3 is 0.600 bits per heavy atom. The minimum atomic E-state index is 0. The van der Waals surface area contributed by atoms with Crippen molar-refractivity contribution in [2.45, 2.75) is 83.0 Å². The second-order valence-corrected chi connectivity index (χ2v) is 17.4. The van der Waals surface area contributed by atoms with Crippen LogP contribution in [-0.2, 0) is 145 Å². The normalized spacial score (nSPS) is 5.75. The van der Waals surface area contributed by atoms with E-state index in [9.17, 15) is 0 Å². The van der Waals surface area contributed by atoms with Gasteiger partial charge in [0.15, 0.2) is 0 Å². The van der Waals surface area contributed by atoms with Gasteiger partial charge in [0.25, 0.3) is 0 Å². The summed E-state index contributed by atoms with van der Waals surface area (Å²) in [5, 5.41) is 0. The Morgan fingerprint density at radius 2 is 0.509 bits per heavy atom. The molecule has 4 aromatic carbocycles. The second kappa shape index (κ2) is 124. The Kier molecular flexibility index (Phi) is 267. The number of alkyl halides is 4. The third kappa shape index (κ3) is 140. The summed E-state index contributed by atoms with van der Waals surface area (Å²) >= 11 is 11.0. The first-order valence-corrected chi connectivity index (χ1v) is 22.0. The first-order valence-electron chi connectivity index (χ1n) is 14.6. The van der Waals surface area contributed by atoms with Gasteiger partial charge in [-0.1, -0.05) is 195 Å². The predicted molar refractivity (Wildman–Crippen MR) is 277 cm³/mol. The fraction of sp³-hybridized carbons (Fsp3) is 0.350. The third-order valence-electron chi connectivity index (χ3n) is 3.54. The molecule has 0 fully saturated rings. The van der Waals surface area contributed by atoms with E-state index >= 15 is 0 Å². The number of benzene rings is 4. The minimum absolute atomic E-state index is 0. The molecule has 0 aliphatic heterocycles. The smallest absolute Gasteiger partial charge is 0.114 e. The Bertz CT molecular complexity index is 853. The van der Waals surface area contributed by atoms with Crippen LogP contribution in [-0.4, -0.2) is 4.87 Å². The van der Waals surface area contributed by atoms with Gasteiger partial charge in [-0.15, -0.1) is 0 Å². The molecule has 0 saturated carbocycles. The van der Waals surface area contributed by atoms with Gasteiger partial charge < -0.3 is 66.8 Å². The molecule has 15 heteroatoms. The van der Waals surface area contributed by atoms with Gasteiger partial charge in [-0.2, -0.15) is 71.8 Å². The molecule has 0 heterocycles. The molecular weight excluding hydrogens is 1820 g/mol. The molecule has 0 spiro atoms. The van der Waals surface area contributed by atoms with Gasteiger partial charge in [0, 0.05) is 145 Å². The van der Waals surface area contributed by atoms with Crippen molar-refractivity contribution in [1.82, 2.24) is 24.6 Å². The summed E-state index contributed by atoms with van der Waals surface area (Å²) in [6, 6.07) is 43.1. The van der Waals surface area contributed by atoms with Crippen molar-refractivity contribution in [2.24, 2.45) is 0 Å². The molecular formula is C40H73I5N4V2W2Y2-6. The van der Waals surface area contributed by atoms with E-state index in [0.29, 0.717) is 0 Å². The van der Waals surface area contributed by atoms with Crippen LogP contribution in [0.1, 0.15) is 77.6 Å². The van der Waals surface area contributed by atoms with Crippen molar-refractivity contribution in [3.05, 3.63) is 156 Å². The van der Waals surface area contributed by atoms with Gasteiger partial charge in [-0.3, -0.25) is 29.2 Å². The topological polar surface area (TPSA) is 140 Å². The van der Waals surface area contributed by atoms with Crippen LogP contribution in [0.15, 0.2) is 97.1 Å². The maximum Gasteiger partial charge on any atom is 0.114 e. The van der Waals surface area contributed by atoms with Crippen molar-refractivity contribution in [2.75, 3.05) is 4.93 Å². The molecule has 322 valence electrons. The van der Waals surface area contributed by atoms with Crippen molar-refractivity contribution < 1.29 is 145 Å². The summed E-state index contributed by atoms with van der Waals surface area (Å²) in [7, 11) is 0. The molecule has 0 unspecified atom stereocenters. The molecule has 4 rings (SSSR count). The molecule has 12 N–H and O–H groups in total. The standard InChI is InChI=1S/C8H10.2C7H7.C6H4.4C2H6.CHI3.CH3I.CH2I.CH3.4H3N.2V.2W.2Y/c1-7-3-5-8(2)6-4-7;2*1-7-5-3-2-4-6-7;1-2-4-6-5-3-1;4*1-2;2-1(3)4;2*1-2;;;;;;;;;;;/h3-6H,1-2H3;2*3-6H,1H3;1-2,5-6H;4*1-2H3;1H;1H3;1H2;5*1H3;;;;;;/q;2*-1;-2;;;;;;;2*-1;;;;;;;;;;. The average molecular weight is 1890 g/mol. The molecule has 0 atom stereocenters. The summed E-state index contributed by atoms with van der Waals surface area (Å²) in [5.74, 6) is 0. The zero-order valence-electron chi connectivity index (χ0n) is 36.1. The quantitative estimate of drug-likeness (QED) is 0.0791. The molecule has 4 nitrogen and oxygen atoms in total. The first kappa shape index (κ1) is 118. The van der Waals surface area contributed by atoms with Crippen molar-refractivity contribution in [3.8, 4) is 0 Å². The molecule has 0 amide bonds. The van der Waals surface area contributed by atoms with E-state index < -0.39 is 0 Å². The zero-order chi connectivity index (χ0) is 36.0. The molecule has 4 aromatic rings. The average Bonchev–Trinajstić information content (AvgIpc) is 3.10. The SMILES string of the molecule is CC.CC.CC.CC.CI.Cc1cc[c-]cc1.Cc1cc[c-]cc1.Cc1ccc(C)cc1.IC(I)I.N.N.N.N.[CH2-]I.[CH3-].[V].[V].[W].[W].[Y].[Y].[c-]1cc[c-]cc1. The van der Waals surface area contributed by atoms with Crippen LogP contribution in [0, 0.1) is 64.3 Å². The maximum atomic E-state index is 3.22. The number of rotatable bonds is 0.